The molecule has 0 saturated carbocycles. The fraction of sp³-hybridized carbons (Fsp3) is 0.222. The molecule has 0 saturated heterocycles. The van der Waals surface area contributed by atoms with Gasteiger partial charge in [-0.2, -0.15) is 0 Å². The molecule has 0 bridgehead atoms. The van der Waals surface area contributed by atoms with Crippen LogP contribution in [-0.4, -0.2) is 11.7 Å². The lowest BCUT2D eigenvalue weighted by molar-refractivity contribution is 0.340. The van der Waals surface area contributed by atoms with E-state index in [1.807, 2.05) is 31.2 Å². The Labute approximate surface area is 88.4 Å². The van der Waals surface area contributed by atoms with Crippen LogP contribution in [0.5, 0.6) is 5.75 Å². The third-order valence-corrected chi connectivity index (χ3v) is 1.75. The number of thiocarbonyl (C=S) groups is 1. The van der Waals surface area contributed by atoms with Crippen LogP contribution in [0.4, 0.5) is 5.69 Å². The highest BCUT2D eigenvalue weighted by Gasteiger charge is 1.97. The van der Waals surface area contributed by atoms with E-state index < -0.39 is 0 Å². The summed E-state index contributed by atoms with van der Waals surface area (Å²) in [6.45, 7) is 2.58. The zero-order valence-electron chi connectivity index (χ0n) is 7.91. The second-order valence-corrected chi connectivity index (χ2v) is 2.97. The van der Waals surface area contributed by atoms with E-state index in [0.29, 0.717) is 11.7 Å². The van der Waals surface area contributed by atoms with Gasteiger partial charge in [0.1, 0.15) is 5.75 Å². The maximum atomic E-state index is 5.33. The van der Waals surface area contributed by atoms with Gasteiger partial charge in [0.05, 0.1) is 6.61 Å². The number of benzene rings is 1. The molecule has 0 aliphatic rings. The van der Waals surface area contributed by atoms with Gasteiger partial charge in [-0.25, -0.2) is 5.84 Å². The molecule has 1 aromatic carbocycles. The van der Waals surface area contributed by atoms with Gasteiger partial charge in [0.2, 0.25) is 0 Å². The molecule has 0 unspecified atom stereocenters. The lowest BCUT2D eigenvalue weighted by atomic mass is 10.3. The Bertz CT molecular complexity index is 317. The summed E-state index contributed by atoms with van der Waals surface area (Å²) in [4.78, 5) is 0. The van der Waals surface area contributed by atoms with Crippen molar-refractivity contribution in [1.29, 1.82) is 0 Å². The minimum absolute atomic E-state index is 0.374. The third-order valence-electron chi connectivity index (χ3n) is 1.53. The van der Waals surface area contributed by atoms with E-state index in [4.69, 9.17) is 22.8 Å². The first-order valence-electron chi connectivity index (χ1n) is 4.26. The molecule has 1 rings (SSSR count). The number of ether oxygens (including phenoxy) is 1. The maximum Gasteiger partial charge on any atom is 0.185 e. The zero-order valence-corrected chi connectivity index (χ0v) is 8.73. The SMILES string of the molecule is CCOc1cccc(NC(=S)NN)c1. The van der Waals surface area contributed by atoms with Crippen molar-refractivity contribution in [1.82, 2.24) is 5.43 Å². The fourth-order valence-corrected chi connectivity index (χ4v) is 1.12. The van der Waals surface area contributed by atoms with Gasteiger partial charge in [-0.05, 0) is 31.3 Å². The largest absolute Gasteiger partial charge is 0.494 e. The van der Waals surface area contributed by atoms with Crippen LogP contribution in [-0.2, 0) is 0 Å². The van der Waals surface area contributed by atoms with Crippen molar-refractivity contribution in [3.8, 4) is 5.75 Å². The summed E-state index contributed by atoms with van der Waals surface area (Å²) in [7, 11) is 0. The molecule has 0 aliphatic carbocycles. The lowest BCUT2D eigenvalue weighted by Gasteiger charge is -2.08. The smallest absolute Gasteiger partial charge is 0.185 e. The summed E-state index contributed by atoms with van der Waals surface area (Å²) in [5.41, 5.74) is 3.19. The molecule has 1 aromatic rings. The number of nitrogens with one attached hydrogen (secondary N) is 2. The first-order chi connectivity index (χ1) is 6.76. The highest BCUT2D eigenvalue weighted by molar-refractivity contribution is 7.80. The van der Waals surface area contributed by atoms with Crippen LogP contribution in [0.1, 0.15) is 6.92 Å². The van der Waals surface area contributed by atoms with E-state index in [0.717, 1.165) is 11.4 Å². The van der Waals surface area contributed by atoms with Crippen molar-refractivity contribution in [3.63, 3.8) is 0 Å². The fourth-order valence-electron chi connectivity index (χ4n) is 0.997. The molecule has 0 radical (unpaired) electrons. The quantitative estimate of drug-likeness (QED) is 0.399. The van der Waals surface area contributed by atoms with Gasteiger partial charge in [-0.15, -0.1) is 0 Å². The molecule has 0 spiro atoms. The predicted molar refractivity (Wildman–Crippen MR) is 61.2 cm³/mol. The summed E-state index contributed by atoms with van der Waals surface area (Å²) in [5.74, 6) is 5.93. The number of anilines is 1. The Kier molecular flexibility index (Phi) is 4.15. The van der Waals surface area contributed by atoms with Crippen molar-refractivity contribution in [3.05, 3.63) is 24.3 Å². The van der Waals surface area contributed by atoms with Crippen LogP contribution in [0, 0.1) is 0 Å². The minimum atomic E-state index is 0.374. The van der Waals surface area contributed by atoms with Crippen LogP contribution >= 0.6 is 12.2 Å². The highest BCUT2D eigenvalue weighted by atomic mass is 32.1. The van der Waals surface area contributed by atoms with Crippen LogP contribution in [0.15, 0.2) is 24.3 Å². The normalized spacial score (nSPS) is 9.29. The monoisotopic (exact) mass is 211 g/mol. The van der Waals surface area contributed by atoms with Crippen molar-refractivity contribution in [2.75, 3.05) is 11.9 Å². The van der Waals surface area contributed by atoms with Crippen molar-refractivity contribution in [2.45, 2.75) is 6.92 Å². The third kappa shape index (κ3) is 3.20. The summed E-state index contributed by atoms with van der Waals surface area (Å²) < 4.78 is 5.33. The van der Waals surface area contributed by atoms with Gasteiger partial charge < -0.3 is 15.5 Å². The molecule has 76 valence electrons. The molecule has 0 heterocycles. The Morgan fingerprint density at radius 2 is 2.36 bits per heavy atom. The van der Waals surface area contributed by atoms with Crippen molar-refractivity contribution >= 4 is 23.0 Å². The Hall–Kier alpha value is -1.33. The molecular formula is C9H13N3OS. The molecule has 4 nitrogen and oxygen atoms in total. The van der Waals surface area contributed by atoms with Gasteiger partial charge in [0.25, 0.3) is 0 Å². The average Bonchev–Trinajstić information content (AvgIpc) is 2.19. The lowest BCUT2D eigenvalue weighted by Crippen LogP contribution is -2.34. The van der Waals surface area contributed by atoms with E-state index in [9.17, 15) is 0 Å². The van der Waals surface area contributed by atoms with E-state index in [1.54, 1.807) is 0 Å². The summed E-state index contributed by atoms with van der Waals surface area (Å²) in [5, 5.41) is 3.28. The molecule has 0 fully saturated rings. The van der Waals surface area contributed by atoms with Gasteiger partial charge >= 0.3 is 0 Å². The van der Waals surface area contributed by atoms with Crippen LogP contribution in [0.25, 0.3) is 0 Å². The van der Waals surface area contributed by atoms with E-state index in [-0.39, 0.29) is 0 Å². The van der Waals surface area contributed by atoms with Crippen molar-refractivity contribution in [2.24, 2.45) is 5.84 Å². The first kappa shape index (κ1) is 10.7. The molecule has 14 heavy (non-hydrogen) atoms. The minimum Gasteiger partial charge on any atom is -0.494 e. The number of rotatable bonds is 3. The summed E-state index contributed by atoms with van der Waals surface area (Å²) >= 11 is 4.86. The topological polar surface area (TPSA) is 59.3 Å². The number of hydrogen-bond donors (Lipinski definition) is 3. The maximum absolute atomic E-state index is 5.33. The first-order valence-corrected chi connectivity index (χ1v) is 4.67. The van der Waals surface area contributed by atoms with E-state index in [1.165, 1.54) is 0 Å². The number of hydrogen-bond acceptors (Lipinski definition) is 3. The van der Waals surface area contributed by atoms with Crippen LogP contribution < -0.4 is 21.3 Å². The molecule has 0 aromatic heterocycles. The Balaban J connectivity index is 2.68. The Morgan fingerprint density at radius 1 is 1.57 bits per heavy atom. The second-order valence-electron chi connectivity index (χ2n) is 2.56. The van der Waals surface area contributed by atoms with Crippen LogP contribution in [0.2, 0.25) is 0 Å². The molecule has 0 atom stereocenters. The standard InChI is InChI=1S/C9H13N3OS/c1-2-13-8-5-3-4-7(6-8)11-9(14)12-10/h3-6H,2,10H2,1H3,(H2,11,12,14). The molecule has 0 aliphatic heterocycles. The van der Waals surface area contributed by atoms with E-state index >= 15 is 0 Å². The van der Waals surface area contributed by atoms with E-state index in [2.05, 4.69) is 10.7 Å². The summed E-state index contributed by atoms with van der Waals surface area (Å²) in [6.07, 6.45) is 0. The highest BCUT2D eigenvalue weighted by Crippen LogP contribution is 2.16. The number of hydrazine groups is 1. The average molecular weight is 211 g/mol. The van der Waals surface area contributed by atoms with Crippen molar-refractivity contribution < 1.29 is 4.74 Å². The molecule has 0 amide bonds. The number of nitrogens with two attached hydrogens (primary N) is 1. The summed E-state index contributed by atoms with van der Waals surface area (Å²) in [6, 6.07) is 7.50. The molecule has 4 N–H and O–H groups in total. The molecule has 5 heteroatoms. The second kappa shape index (κ2) is 5.41. The van der Waals surface area contributed by atoms with Gasteiger partial charge in [-0.3, -0.25) is 0 Å². The zero-order chi connectivity index (χ0) is 10.4. The van der Waals surface area contributed by atoms with Gasteiger partial charge in [-0.1, -0.05) is 6.07 Å². The van der Waals surface area contributed by atoms with Gasteiger partial charge in [0, 0.05) is 11.8 Å². The molecular weight excluding hydrogens is 198 g/mol. The Morgan fingerprint density at radius 3 is 3.00 bits per heavy atom. The predicted octanol–water partition coefficient (Wildman–Crippen LogP) is 1.25. The van der Waals surface area contributed by atoms with Crippen LogP contribution in [0.3, 0.4) is 0 Å². The van der Waals surface area contributed by atoms with Gasteiger partial charge in [0.15, 0.2) is 5.11 Å².